The van der Waals surface area contributed by atoms with Gasteiger partial charge in [0.2, 0.25) is 4.77 Å². The van der Waals surface area contributed by atoms with E-state index < -0.39 is 5.97 Å². The van der Waals surface area contributed by atoms with Gasteiger partial charge in [-0.2, -0.15) is 14.9 Å². The van der Waals surface area contributed by atoms with Crippen molar-refractivity contribution in [3.8, 4) is 0 Å². The molecule has 0 spiro atoms. The molecule has 0 saturated carbocycles. The molecule has 2 N–H and O–H groups in total. The summed E-state index contributed by atoms with van der Waals surface area (Å²) in [5, 5.41) is 19.9. The van der Waals surface area contributed by atoms with Crippen LogP contribution < -0.4 is 0 Å². The molecule has 0 aliphatic heterocycles. The molecule has 0 radical (unpaired) electrons. The summed E-state index contributed by atoms with van der Waals surface area (Å²) in [6, 6.07) is 6.45. The lowest BCUT2D eigenvalue weighted by Crippen LogP contribution is -1.99. The molecule has 0 saturated heterocycles. The van der Waals surface area contributed by atoms with Crippen molar-refractivity contribution in [1.82, 2.24) is 14.9 Å². The van der Waals surface area contributed by atoms with Crippen LogP contribution in [0.5, 0.6) is 0 Å². The van der Waals surface area contributed by atoms with Gasteiger partial charge in [-0.1, -0.05) is 19.1 Å². The molecule has 104 valence electrons. The average Bonchev–Trinajstić information content (AvgIpc) is 2.78. The number of aromatic nitrogens is 3. The summed E-state index contributed by atoms with van der Waals surface area (Å²) >= 11 is 5.11. The van der Waals surface area contributed by atoms with Gasteiger partial charge in [0.1, 0.15) is 0 Å². The van der Waals surface area contributed by atoms with Gasteiger partial charge in [0.05, 0.1) is 11.8 Å². The zero-order valence-corrected chi connectivity index (χ0v) is 11.7. The Bertz CT molecular complexity index is 685. The number of aryl methyl sites for hydroxylation is 1. The van der Waals surface area contributed by atoms with Gasteiger partial charge in [-0.3, -0.25) is 5.10 Å². The van der Waals surface area contributed by atoms with Crippen LogP contribution in [0.15, 0.2) is 29.4 Å². The molecule has 0 bridgehead atoms. The van der Waals surface area contributed by atoms with Crippen LogP contribution in [0.4, 0.5) is 0 Å². The van der Waals surface area contributed by atoms with Crippen LogP contribution in [-0.2, 0) is 6.42 Å². The second-order valence-corrected chi connectivity index (χ2v) is 4.57. The zero-order valence-electron chi connectivity index (χ0n) is 10.9. The first kappa shape index (κ1) is 14.1. The highest BCUT2D eigenvalue weighted by atomic mass is 32.1. The minimum Gasteiger partial charge on any atom is -0.478 e. The number of nitrogens with one attached hydrogen (secondary N) is 1. The quantitative estimate of drug-likeness (QED) is 0.654. The molecular formula is C13H14N4O2S. The number of carboxylic acid groups (broad SMARTS) is 1. The van der Waals surface area contributed by atoms with Gasteiger partial charge in [-0.15, -0.1) is 0 Å². The van der Waals surface area contributed by atoms with E-state index in [9.17, 15) is 4.79 Å². The molecule has 2 aromatic rings. The van der Waals surface area contributed by atoms with E-state index in [0.717, 1.165) is 24.2 Å². The first-order chi connectivity index (χ1) is 9.61. The van der Waals surface area contributed by atoms with Gasteiger partial charge in [-0.25, -0.2) is 4.79 Å². The number of aromatic carboxylic acids is 1. The molecule has 0 amide bonds. The standard InChI is InChI=1S/C13H14N4O2S/c1-2-3-11-15-16-13(20)17(11)14-8-9-4-6-10(7-5-9)12(18)19/h4-8H,2-3H2,1H3,(H,16,20)(H,18,19)/b14-8-. The molecule has 20 heavy (non-hydrogen) atoms. The van der Waals surface area contributed by atoms with Crippen molar-refractivity contribution in [3.63, 3.8) is 0 Å². The normalized spacial score (nSPS) is 11.1. The van der Waals surface area contributed by atoms with Crippen LogP contribution in [0.25, 0.3) is 0 Å². The molecule has 0 aliphatic carbocycles. The van der Waals surface area contributed by atoms with E-state index in [2.05, 4.69) is 22.2 Å². The molecule has 1 aromatic carbocycles. The maximum Gasteiger partial charge on any atom is 0.335 e. The Morgan fingerprint density at radius 3 is 2.80 bits per heavy atom. The number of hydrogen-bond acceptors (Lipinski definition) is 4. The van der Waals surface area contributed by atoms with E-state index in [1.165, 1.54) is 12.1 Å². The average molecular weight is 290 g/mol. The van der Waals surface area contributed by atoms with E-state index in [4.69, 9.17) is 17.3 Å². The third kappa shape index (κ3) is 3.18. The molecular weight excluding hydrogens is 276 g/mol. The topological polar surface area (TPSA) is 83.3 Å². The maximum absolute atomic E-state index is 10.8. The van der Waals surface area contributed by atoms with Crippen LogP contribution in [-0.4, -0.2) is 32.2 Å². The van der Waals surface area contributed by atoms with E-state index in [1.807, 2.05) is 0 Å². The summed E-state index contributed by atoms with van der Waals surface area (Å²) in [5.74, 6) is -0.174. The zero-order chi connectivity index (χ0) is 14.5. The van der Waals surface area contributed by atoms with Gasteiger partial charge < -0.3 is 5.11 Å². The van der Waals surface area contributed by atoms with Gasteiger partial charge in [-0.05, 0) is 36.3 Å². The predicted molar refractivity (Wildman–Crippen MR) is 77.8 cm³/mol. The molecule has 0 unspecified atom stereocenters. The van der Waals surface area contributed by atoms with Crippen LogP contribution in [0.3, 0.4) is 0 Å². The van der Waals surface area contributed by atoms with Crippen molar-refractivity contribution in [3.05, 3.63) is 46.0 Å². The number of aromatic amines is 1. The summed E-state index contributed by atoms with van der Waals surface area (Å²) in [7, 11) is 0. The van der Waals surface area contributed by atoms with Crippen LogP contribution in [0.1, 0.15) is 35.1 Å². The molecule has 7 heteroatoms. The SMILES string of the molecule is CCCc1n[nH]c(=S)n1/N=C\c1ccc(C(=O)O)cc1. The second-order valence-electron chi connectivity index (χ2n) is 4.18. The Labute approximate surface area is 120 Å². The summed E-state index contributed by atoms with van der Waals surface area (Å²) in [6.07, 6.45) is 3.35. The molecule has 0 fully saturated rings. The fraction of sp³-hybridized carbons (Fsp3) is 0.231. The van der Waals surface area contributed by atoms with Crippen molar-refractivity contribution >= 4 is 24.4 Å². The van der Waals surface area contributed by atoms with Crippen molar-refractivity contribution < 1.29 is 9.90 Å². The molecule has 0 aliphatic rings. The number of rotatable bonds is 5. The Morgan fingerprint density at radius 1 is 1.50 bits per heavy atom. The van der Waals surface area contributed by atoms with E-state index in [-0.39, 0.29) is 5.56 Å². The number of nitrogens with zero attached hydrogens (tertiary/aromatic N) is 3. The summed E-state index contributed by atoms with van der Waals surface area (Å²) in [5.41, 5.74) is 1.04. The summed E-state index contributed by atoms with van der Waals surface area (Å²) < 4.78 is 2.01. The minimum absolute atomic E-state index is 0.244. The predicted octanol–water partition coefficient (Wildman–Crippen LogP) is 2.47. The monoisotopic (exact) mass is 290 g/mol. The highest BCUT2D eigenvalue weighted by Crippen LogP contribution is 2.04. The van der Waals surface area contributed by atoms with Gasteiger partial charge in [0, 0.05) is 6.42 Å². The second kappa shape index (κ2) is 6.25. The fourth-order valence-electron chi connectivity index (χ4n) is 1.66. The third-order valence-electron chi connectivity index (χ3n) is 2.67. The number of carboxylic acids is 1. The lowest BCUT2D eigenvalue weighted by atomic mass is 10.1. The van der Waals surface area contributed by atoms with Gasteiger partial charge in [0.25, 0.3) is 0 Å². The minimum atomic E-state index is -0.948. The third-order valence-corrected chi connectivity index (χ3v) is 2.94. The molecule has 0 atom stereocenters. The first-order valence-corrected chi connectivity index (χ1v) is 6.56. The Balaban J connectivity index is 2.23. The van der Waals surface area contributed by atoms with Crippen LogP contribution >= 0.6 is 12.2 Å². The summed E-state index contributed by atoms with van der Waals surface area (Å²) in [4.78, 5) is 10.8. The lowest BCUT2D eigenvalue weighted by molar-refractivity contribution is 0.0697. The number of H-pyrrole nitrogens is 1. The van der Waals surface area contributed by atoms with Crippen LogP contribution in [0.2, 0.25) is 0 Å². The summed E-state index contributed by atoms with van der Waals surface area (Å²) in [6.45, 7) is 2.05. The Kier molecular flexibility index (Phi) is 4.41. The van der Waals surface area contributed by atoms with E-state index >= 15 is 0 Å². The molecule has 6 nitrogen and oxygen atoms in total. The van der Waals surface area contributed by atoms with E-state index in [1.54, 1.807) is 23.0 Å². The van der Waals surface area contributed by atoms with Crippen LogP contribution in [0, 0.1) is 4.77 Å². The molecule has 1 aromatic heterocycles. The largest absolute Gasteiger partial charge is 0.478 e. The van der Waals surface area contributed by atoms with Crippen molar-refractivity contribution in [2.45, 2.75) is 19.8 Å². The van der Waals surface area contributed by atoms with E-state index in [0.29, 0.717) is 4.77 Å². The van der Waals surface area contributed by atoms with Crippen molar-refractivity contribution in [2.24, 2.45) is 5.10 Å². The number of hydrogen-bond donors (Lipinski definition) is 2. The Hall–Kier alpha value is -2.28. The molecule has 2 rings (SSSR count). The lowest BCUT2D eigenvalue weighted by Gasteiger charge is -1.99. The van der Waals surface area contributed by atoms with Gasteiger partial charge in [0.15, 0.2) is 5.82 Å². The maximum atomic E-state index is 10.8. The number of carbonyl (C=O) groups is 1. The smallest absolute Gasteiger partial charge is 0.335 e. The highest BCUT2D eigenvalue weighted by molar-refractivity contribution is 7.71. The Morgan fingerprint density at radius 2 is 2.20 bits per heavy atom. The van der Waals surface area contributed by atoms with Crippen molar-refractivity contribution in [1.29, 1.82) is 0 Å². The number of benzene rings is 1. The van der Waals surface area contributed by atoms with Gasteiger partial charge >= 0.3 is 5.97 Å². The molecule has 1 heterocycles. The van der Waals surface area contributed by atoms with Crippen molar-refractivity contribution in [2.75, 3.05) is 0 Å². The first-order valence-electron chi connectivity index (χ1n) is 6.16. The fourth-order valence-corrected chi connectivity index (χ4v) is 1.86. The highest BCUT2D eigenvalue weighted by Gasteiger charge is 2.03.